The maximum atomic E-state index is 11.0. The van der Waals surface area contributed by atoms with Crippen molar-refractivity contribution in [2.75, 3.05) is 33.8 Å². The smallest absolute Gasteiger partial charge is 0.305 e. The van der Waals surface area contributed by atoms with E-state index in [9.17, 15) is 4.79 Å². The molecule has 0 aliphatic rings. The predicted octanol–water partition coefficient (Wildman–Crippen LogP) is 2.81. The molecule has 0 aromatic heterocycles. The first-order valence-corrected chi connectivity index (χ1v) is 7.32. The van der Waals surface area contributed by atoms with Crippen molar-refractivity contribution in [2.45, 2.75) is 39.0 Å². The number of guanidine groups is 1. The van der Waals surface area contributed by atoms with E-state index in [-0.39, 0.29) is 29.9 Å². The molecule has 5 nitrogen and oxygen atoms in total. The molecule has 0 aliphatic carbocycles. The third kappa shape index (κ3) is 12.6. The molecule has 0 saturated carbocycles. The maximum absolute atomic E-state index is 11.0. The van der Waals surface area contributed by atoms with Crippen LogP contribution < -0.4 is 5.32 Å². The second-order valence-electron chi connectivity index (χ2n) is 4.62. The van der Waals surface area contributed by atoms with Gasteiger partial charge in [0.15, 0.2) is 5.96 Å². The van der Waals surface area contributed by atoms with E-state index < -0.39 is 0 Å². The first kappa shape index (κ1) is 22.5. The fraction of sp³-hybridized carbons (Fsp3) is 0.733. The van der Waals surface area contributed by atoms with Crippen molar-refractivity contribution in [3.63, 3.8) is 0 Å². The van der Waals surface area contributed by atoms with Gasteiger partial charge in [0.2, 0.25) is 0 Å². The highest BCUT2D eigenvalue weighted by Gasteiger charge is 2.04. The van der Waals surface area contributed by atoms with Crippen molar-refractivity contribution in [2.24, 2.45) is 4.99 Å². The van der Waals surface area contributed by atoms with Crippen molar-refractivity contribution in [3.05, 3.63) is 12.7 Å². The van der Waals surface area contributed by atoms with Gasteiger partial charge in [-0.15, -0.1) is 30.6 Å². The summed E-state index contributed by atoms with van der Waals surface area (Å²) in [5.41, 5.74) is 0. The highest BCUT2D eigenvalue weighted by molar-refractivity contribution is 14.0. The van der Waals surface area contributed by atoms with Crippen LogP contribution in [-0.2, 0) is 9.53 Å². The molecule has 0 spiro atoms. The lowest BCUT2D eigenvalue weighted by Gasteiger charge is -2.21. The third-order valence-corrected chi connectivity index (χ3v) is 2.88. The zero-order valence-electron chi connectivity index (χ0n) is 13.6. The molecule has 124 valence electrons. The molecule has 0 saturated heterocycles. The van der Waals surface area contributed by atoms with E-state index in [1.54, 1.807) is 0 Å². The normalized spacial score (nSPS) is 10.5. The fourth-order valence-corrected chi connectivity index (χ4v) is 1.72. The standard InChI is InChI=1S/C15H29N3O2.HI/c1-5-7-10-13-18(3)15(16-6-2)17-12-9-8-11-14(19)20-4;/h5H,1,6-13H2,2-4H3,(H,16,17);1H. The average molecular weight is 411 g/mol. The van der Waals surface area contributed by atoms with Gasteiger partial charge in [0.1, 0.15) is 0 Å². The van der Waals surface area contributed by atoms with Crippen LogP contribution in [0, 0.1) is 0 Å². The van der Waals surface area contributed by atoms with Crippen LogP contribution in [-0.4, -0.2) is 50.6 Å². The molecule has 6 heteroatoms. The summed E-state index contributed by atoms with van der Waals surface area (Å²) < 4.78 is 4.61. The number of hydrogen-bond donors (Lipinski definition) is 1. The molecule has 0 unspecified atom stereocenters. The number of hydrogen-bond acceptors (Lipinski definition) is 3. The van der Waals surface area contributed by atoms with Gasteiger partial charge in [0, 0.05) is 33.1 Å². The fourth-order valence-electron chi connectivity index (χ4n) is 1.72. The summed E-state index contributed by atoms with van der Waals surface area (Å²) in [5.74, 6) is 0.775. The van der Waals surface area contributed by atoms with Crippen LogP contribution in [0.2, 0.25) is 0 Å². The Kier molecular flexibility index (Phi) is 16.7. The number of unbranched alkanes of at least 4 members (excludes halogenated alkanes) is 2. The number of nitrogens with zero attached hydrogens (tertiary/aromatic N) is 2. The number of aliphatic imine (C=N–C) groups is 1. The summed E-state index contributed by atoms with van der Waals surface area (Å²) in [4.78, 5) is 17.7. The molecular weight excluding hydrogens is 381 g/mol. The monoisotopic (exact) mass is 411 g/mol. The number of carbonyl (C=O) groups is 1. The molecule has 0 heterocycles. The number of allylic oxidation sites excluding steroid dienone is 1. The Bertz CT molecular complexity index is 309. The summed E-state index contributed by atoms with van der Waals surface area (Å²) in [6.07, 6.45) is 6.21. The molecule has 0 radical (unpaired) electrons. The maximum Gasteiger partial charge on any atom is 0.305 e. The minimum absolute atomic E-state index is 0. The lowest BCUT2D eigenvalue weighted by molar-refractivity contribution is -0.140. The minimum Gasteiger partial charge on any atom is -0.469 e. The Morgan fingerprint density at radius 1 is 1.38 bits per heavy atom. The quantitative estimate of drug-likeness (QED) is 0.150. The van der Waals surface area contributed by atoms with E-state index in [1.807, 2.05) is 13.1 Å². The molecule has 0 aromatic rings. The van der Waals surface area contributed by atoms with Gasteiger partial charge in [-0.05, 0) is 32.6 Å². The van der Waals surface area contributed by atoms with Gasteiger partial charge in [-0.2, -0.15) is 0 Å². The average Bonchev–Trinajstić information content (AvgIpc) is 2.45. The van der Waals surface area contributed by atoms with Crippen LogP contribution in [0.3, 0.4) is 0 Å². The van der Waals surface area contributed by atoms with Crippen molar-refractivity contribution in [1.29, 1.82) is 0 Å². The van der Waals surface area contributed by atoms with Crippen LogP contribution >= 0.6 is 24.0 Å². The van der Waals surface area contributed by atoms with Gasteiger partial charge in [0.25, 0.3) is 0 Å². The molecule has 0 atom stereocenters. The van der Waals surface area contributed by atoms with E-state index in [0.29, 0.717) is 6.42 Å². The van der Waals surface area contributed by atoms with Crippen molar-refractivity contribution in [3.8, 4) is 0 Å². The van der Waals surface area contributed by atoms with Gasteiger partial charge in [-0.3, -0.25) is 9.79 Å². The van der Waals surface area contributed by atoms with E-state index in [2.05, 4.69) is 33.4 Å². The van der Waals surface area contributed by atoms with E-state index in [0.717, 1.165) is 51.3 Å². The van der Waals surface area contributed by atoms with E-state index in [1.165, 1.54) is 7.11 Å². The van der Waals surface area contributed by atoms with Crippen LogP contribution in [0.4, 0.5) is 0 Å². The topological polar surface area (TPSA) is 53.9 Å². The first-order valence-electron chi connectivity index (χ1n) is 7.32. The van der Waals surface area contributed by atoms with E-state index in [4.69, 9.17) is 0 Å². The summed E-state index contributed by atoms with van der Waals surface area (Å²) >= 11 is 0. The zero-order chi connectivity index (χ0) is 15.2. The number of rotatable bonds is 10. The van der Waals surface area contributed by atoms with Gasteiger partial charge >= 0.3 is 5.97 Å². The number of halogens is 1. The highest BCUT2D eigenvalue weighted by atomic mass is 127. The molecule has 0 bridgehead atoms. The zero-order valence-corrected chi connectivity index (χ0v) is 15.9. The summed E-state index contributed by atoms with van der Waals surface area (Å²) in [5, 5.41) is 3.28. The lowest BCUT2D eigenvalue weighted by Crippen LogP contribution is -2.39. The van der Waals surface area contributed by atoms with Crippen molar-refractivity contribution < 1.29 is 9.53 Å². The van der Waals surface area contributed by atoms with Crippen molar-refractivity contribution >= 4 is 35.9 Å². The Hall–Kier alpha value is -0.790. The van der Waals surface area contributed by atoms with Crippen LogP contribution in [0.15, 0.2) is 17.6 Å². The van der Waals surface area contributed by atoms with Crippen LogP contribution in [0.5, 0.6) is 0 Å². The number of esters is 1. The number of carbonyl (C=O) groups excluding carboxylic acids is 1. The van der Waals surface area contributed by atoms with Gasteiger partial charge in [-0.25, -0.2) is 0 Å². The first-order chi connectivity index (χ1) is 9.65. The lowest BCUT2D eigenvalue weighted by atomic mass is 10.2. The second kappa shape index (κ2) is 15.6. The van der Waals surface area contributed by atoms with Gasteiger partial charge < -0.3 is 15.0 Å². The Labute approximate surface area is 146 Å². The minimum atomic E-state index is -0.151. The Morgan fingerprint density at radius 2 is 2.10 bits per heavy atom. The number of nitrogens with one attached hydrogen (secondary N) is 1. The molecular formula is C15H30IN3O2. The largest absolute Gasteiger partial charge is 0.469 e. The van der Waals surface area contributed by atoms with Crippen LogP contribution in [0.1, 0.15) is 39.0 Å². The highest BCUT2D eigenvalue weighted by Crippen LogP contribution is 1.99. The van der Waals surface area contributed by atoms with Gasteiger partial charge in [0.05, 0.1) is 7.11 Å². The number of ether oxygens (including phenoxy) is 1. The predicted molar refractivity (Wildman–Crippen MR) is 99.3 cm³/mol. The van der Waals surface area contributed by atoms with Crippen LogP contribution in [0.25, 0.3) is 0 Å². The third-order valence-electron chi connectivity index (χ3n) is 2.88. The molecule has 0 fully saturated rings. The molecule has 0 aromatic carbocycles. The summed E-state index contributed by atoms with van der Waals surface area (Å²) in [6, 6.07) is 0. The second-order valence-corrected chi connectivity index (χ2v) is 4.62. The Balaban J connectivity index is 0. The Morgan fingerprint density at radius 3 is 2.67 bits per heavy atom. The number of methoxy groups -OCH3 is 1. The molecule has 0 rings (SSSR count). The summed E-state index contributed by atoms with van der Waals surface area (Å²) in [7, 11) is 3.46. The molecule has 1 N–H and O–H groups in total. The SMILES string of the molecule is C=CCCCN(C)C(=NCCCCC(=O)OC)NCC.I. The molecule has 21 heavy (non-hydrogen) atoms. The molecule has 0 aliphatic heterocycles. The van der Waals surface area contributed by atoms with E-state index >= 15 is 0 Å². The molecule has 0 amide bonds. The van der Waals surface area contributed by atoms with Crippen molar-refractivity contribution in [1.82, 2.24) is 10.2 Å². The summed E-state index contributed by atoms with van der Waals surface area (Å²) in [6.45, 7) is 8.33. The van der Waals surface area contributed by atoms with Gasteiger partial charge in [-0.1, -0.05) is 6.08 Å².